The first-order valence-electron chi connectivity index (χ1n) is 3.73. The predicted molar refractivity (Wildman–Crippen MR) is 43.5 cm³/mol. The van der Waals surface area contributed by atoms with E-state index in [1.165, 1.54) is 0 Å². The summed E-state index contributed by atoms with van der Waals surface area (Å²) in [7, 11) is 0. The van der Waals surface area contributed by atoms with Crippen molar-refractivity contribution in [2.24, 2.45) is 0 Å². The van der Waals surface area contributed by atoms with Crippen molar-refractivity contribution in [1.82, 2.24) is 0 Å². The molecule has 0 rings (SSSR count). The van der Waals surface area contributed by atoms with Crippen LogP contribution in [-0.4, -0.2) is 52.3 Å². The third kappa shape index (κ3) is 72.2. The first-order chi connectivity index (χ1) is 9.38. The van der Waals surface area contributed by atoms with Gasteiger partial charge in [-0.25, -0.2) is 14.4 Å². The van der Waals surface area contributed by atoms with Crippen molar-refractivity contribution >= 4 is 36.9 Å². The number of carboxylic acid groups (broad SMARTS) is 6. The van der Waals surface area contributed by atoms with Gasteiger partial charge < -0.3 is 59.2 Å². The molecule has 0 amide bonds. The number of ether oxygens (including phenoxy) is 3. The van der Waals surface area contributed by atoms with Crippen LogP contribution < -0.4 is 71.9 Å². The molecule has 0 aliphatic carbocycles. The Morgan fingerprint density at radius 2 is 0.625 bits per heavy atom. The summed E-state index contributed by atoms with van der Waals surface area (Å²) in [6.45, 7) is 0. The average Bonchev–Trinajstić information content (AvgIpc) is 2.10. The maximum absolute atomic E-state index is 9.17. The van der Waals surface area contributed by atoms with Gasteiger partial charge in [0.1, 0.15) is 0 Å². The Bertz CT molecular complexity index is 322. The van der Waals surface area contributed by atoms with E-state index in [1.807, 2.05) is 0 Å². The third-order valence-corrected chi connectivity index (χ3v) is 0.512. The summed E-state index contributed by atoms with van der Waals surface area (Å²) in [6.07, 6.45) is -11.8. The minimum atomic E-state index is -2.06. The summed E-state index contributed by atoms with van der Waals surface area (Å²) < 4.78 is 8.92. The van der Waals surface area contributed by atoms with Crippen molar-refractivity contribution in [3.8, 4) is 0 Å². The Morgan fingerprint density at radius 1 is 0.500 bits per heavy atom. The molecule has 0 radical (unpaired) electrons. The number of hydrogen-bond acceptors (Lipinski definition) is 12. The zero-order valence-electron chi connectivity index (χ0n) is 12.2. The standard InChI is InChI=1S/3C2H2O5.3Li/c3*3-1(4)7-2(5)6;;;/h3*(H,3,4)(H,5,6);;;/q;;;3*+1/p-3. The van der Waals surface area contributed by atoms with Crippen LogP contribution in [0.15, 0.2) is 0 Å². The van der Waals surface area contributed by atoms with Gasteiger partial charge in [0, 0.05) is 0 Å². The number of rotatable bonds is 0. The van der Waals surface area contributed by atoms with Gasteiger partial charge in [-0.2, -0.15) is 0 Å². The molecule has 18 heteroatoms. The second-order valence-corrected chi connectivity index (χ2v) is 1.85. The van der Waals surface area contributed by atoms with Gasteiger partial charge in [0.2, 0.25) is 0 Å². The summed E-state index contributed by atoms with van der Waals surface area (Å²) in [5.74, 6) is 0. The van der Waals surface area contributed by atoms with Crippen molar-refractivity contribution in [3.05, 3.63) is 0 Å². The van der Waals surface area contributed by atoms with Crippen LogP contribution in [0, 0.1) is 0 Å². The second-order valence-electron chi connectivity index (χ2n) is 1.85. The minimum Gasteiger partial charge on any atom is -0.464 e. The van der Waals surface area contributed by atoms with Crippen LogP contribution in [-0.2, 0) is 14.2 Å². The fourth-order valence-corrected chi connectivity index (χ4v) is 0.214. The van der Waals surface area contributed by atoms with E-state index in [-0.39, 0.29) is 56.6 Å². The summed E-state index contributed by atoms with van der Waals surface area (Å²) in [5, 5.41) is 49.6. The van der Waals surface area contributed by atoms with Gasteiger partial charge >= 0.3 is 75.0 Å². The molecule has 0 heterocycles. The van der Waals surface area contributed by atoms with Crippen molar-refractivity contribution in [1.29, 1.82) is 0 Å². The zero-order chi connectivity index (χ0) is 17.6. The second kappa shape index (κ2) is 23.3. The van der Waals surface area contributed by atoms with E-state index in [0.29, 0.717) is 0 Å². The van der Waals surface area contributed by atoms with Crippen LogP contribution in [0.25, 0.3) is 0 Å². The molecule has 0 fully saturated rings. The monoisotopic (exact) mass is 336 g/mol. The van der Waals surface area contributed by atoms with Crippen LogP contribution in [0.2, 0.25) is 0 Å². The van der Waals surface area contributed by atoms with Crippen LogP contribution in [0.3, 0.4) is 0 Å². The fourth-order valence-electron chi connectivity index (χ4n) is 0.214. The Labute approximate surface area is 167 Å². The average molecular weight is 336 g/mol. The first-order valence-corrected chi connectivity index (χ1v) is 3.73. The summed E-state index contributed by atoms with van der Waals surface area (Å²) >= 11 is 0. The van der Waals surface area contributed by atoms with Gasteiger partial charge in [-0.05, 0) is 0 Å². The summed E-state index contributed by atoms with van der Waals surface area (Å²) in [5.41, 5.74) is 0. The third-order valence-electron chi connectivity index (χ3n) is 0.512. The van der Waals surface area contributed by atoms with Crippen molar-refractivity contribution in [3.63, 3.8) is 0 Å². The maximum Gasteiger partial charge on any atom is 1.00 e. The molecule has 3 N–H and O–H groups in total. The topological polar surface area (TPSA) is 260 Å². The van der Waals surface area contributed by atoms with Gasteiger partial charge in [0.05, 0.1) is 0 Å². The zero-order valence-corrected chi connectivity index (χ0v) is 12.2. The molecular weight excluding hydrogens is 333 g/mol. The molecule has 0 unspecified atom stereocenters. The maximum atomic E-state index is 9.17. The first kappa shape index (κ1) is 37.9. The Balaban J connectivity index is -0.0000000476. The van der Waals surface area contributed by atoms with Crippen molar-refractivity contribution in [2.45, 2.75) is 0 Å². The number of carbonyl (C=O) groups excluding carboxylic acids is 3. The predicted octanol–water partition coefficient (Wildman–Crippen LogP) is -11.9. The van der Waals surface area contributed by atoms with E-state index in [4.69, 9.17) is 59.4 Å². The molecule has 0 bridgehead atoms. The van der Waals surface area contributed by atoms with Crippen LogP contribution in [0.5, 0.6) is 0 Å². The molecule has 0 aliphatic heterocycles. The van der Waals surface area contributed by atoms with Gasteiger partial charge in [-0.3, -0.25) is 0 Å². The SMILES string of the molecule is O=C([O-])OC(=O)O.O=C([O-])OC(=O)O.O=C([O-])OC(=O)O.[Li+].[Li+].[Li+]. The van der Waals surface area contributed by atoms with E-state index in [1.54, 1.807) is 0 Å². The van der Waals surface area contributed by atoms with Gasteiger partial charge in [0.25, 0.3) is 18.5 Å². The quantitative estimate of drug-likeness (QED) is 0.160. The molecule has 0 spiro atoms. The van der Waals surface area contributed by atoms with E-state index < -0.39 is 36.9 Å². The van der Waals surface area contributed by atoms with Gasteiger partial charge in [0.15, 0.2) is 0 Å². The van der Waals surface area contributed by atoms with Crippen LogP contribution in [0.4, 0.5) is 28.8 Å². The van der Waals surface area contributed by atoms with E-state index in [2.05, 4.69) is 14.2 Å². The molecule has 0 aliphatic rings. The van der Waals surface area contributed by atoms with E-state index in [9.17, 15) is 0 Å². The number of hydrogen-bond donors (Lipinski definition) is 3. The largest absolute Gasteiger partial charge is 1.00 e. The molecule has 24 heavy (non-hydrogen) atoms. The number of carbonyl (C=O) groups is 6. The molecule has 0 aromatic heterocycles. The van der Waals surface area contributed by atoms with Crippen molar-refractivity contribution < 1.29 is 130 Å². The molecule has 0 atom stereocenters. The van der Waals surface area contributed by atoms with Gasteiger partial charge in [-0.15, -0.1) is 0 Å². The summed E-state index contributed by atoms with van der Waals surface area (Å²) in [4.78, 5) is 54.8. The van der Waals surface area contributed by atoms with Crippen molar-refractivity contribution in [2.75, 3.05) is 0 Å². The Kier molecular flexibility index (Phi) is 36.8. The van der Waals surface area contributed by atoms with E-state index >= 15 is 0 Å². The minimum absolute atomic E-state index is 0. The Morgan fingerprint density at radius 3 is 0.625 bits per heavy atom. The molecule has 0 aromatic rings. The summed E-state index contributed by atoms with van der Waals surface area (Å²) in [6, 6.07) is 0. The molecule has 0 saturated heterocycles. The normalized spacial score (nSPS) is 6.50. The molecule has 0 aromatic carbocycles. The molecular formula is C6H3Li3O15. The molecule has 0 saturated carbocycles. The molecule has 120 valence electrons. The fraction of sp³-hybridized carbons (Fsp3) is 0. The van der Waals surface area contributed by atoms with Crippen LogP contribution in [0.1, 0.15) is 0 Å². The smallest absolute Gasteiger partial charge is 0.464 e. The van der Waals surface area contributed by atoms with E-state index in [0.717, 1.165) is 0 Å². The van der Waals surface area contributed by atoms with Gasteiger partial charge in [-0.1, -0.05) is 0 Å². The molecule has 15 nitrogen and oxygen atoms in total. The van der Waals surface area contributed by atoms with Crippen LogP contribution >= 0.6 is 0 Å². The Hall–Kier alpha value is -1.99.